The second-order valence-corrected chi connectivity index (χ2v) is 5.18. The van der Waals surface area contributed by atoms with E-state index >= 15 is 0 Å². The second-order valence-electron chi connectivity index (χ2n) is 3.87. The minimum atomic E-state index is 0.773. The summed E-state index contributed by atoms with van der Waals surface area (Å²) in [5, 5.41) is 4.35. The minimum Gasteiger partial charge on any atom is -0.305 e. The molecule has 78 valence electrons. The smallest absolute Gasteiger partial charge is 0.0532 e. The molecule has 0 aliphatic carbocycles. The van der Waals surface area contributed by atoms with Gasteiger partial charge in [-0.3, -0.25) is 0 Å². The molecule has 0 aromatic heterocycles. The topological polar surface area (TPSA) is 12.0 Å². The van der Waals surface area contributed by atoms with E-state index in [9.17, 15) is 0 Å². The van der Waals surface area contributed by atoms with Crippen molar-refractivity contribution in [1.29, 1.82) is 0 Å². The van der Waals surface area contributed by atoms with Crippen LogP contribution in [0, 0.1) is 0 Å². The third kappa shape index (κ3) is 5.58. The van der Waals surface area contributed by atoms with E-state index in [2.05, 4.69) is 24.0 Å². The van der Waals surface area contributed by atoms with Crippen molar-refractivity contribution in [2.45, 2.75) is 57.2 Å². The van der Waals surface area contributed by atoms with E-state index in [1.165, 1.54) is 57.2 Å². The first-order chi connectivity index (χ1) is 6.43. The van der Waals surface area contributed by atoms with Gasteiger partial charge in [-0.15, -0.1) is 11.8 Å². The van der Waals surface area contributed by atoms with Crippen molar-refractivity contribution < 1.29 is 0 Å². The number of hydrogen-bond donors (Lipinski definition) is 1. The van der Waals surface area contributed by atoms with Gasteiger partial charge in [0, 0.05) is 0 Å². The third-order valence-electron chi connectivity index (χ3n) is 2.58. The Hall–Kier alpha value is 0.310. The Morgan fingerprint density at radius 2 is 2.08 bits per heavy atom. The standard InChI is InChI=1S/C11H23NS/c1-2-3-4-5-6-8-11-12-9-7-10-13-11/h11-12H,2-10H2,1H3. The van der Waals surface area contributed by atoms with E-state index in [4.69, 9.17) is 0 Å². The van der Waals surface area contributed by atoms with Gasteiger partial charge in [-0.1, -0.05) is 39.0 Å². The maximum atomic E-state index is 3.57. The van der Waals surface area contributed by atoms with Crippen LogP contribution in [0.5, 0.6) is 0 Å². The number of thioether (sulfide) groups is 1. The second kappa shape index (κ2) is 7.69. The van der Waals surface area contributed by atoms with Gasteiger partial charge in [0.15, 0.2) is 0 Å². The lowest BCUT2D eigenvalue weighted by atomic mass is 10.1. The van der Waals surface area contributed by atoms with Crippen LogP contribution in [0.3, 0.4) is 0 Å². The predicted octanol–water partition coefficient (Wildman–Crippen LogP) is 3.40. The number of rotatable bonds is 6. The summed E-state index contributed by atoms with van der Waals surface area (Å²) in [4.78, 5) is 0. The molecule has 1 aliphatic rings. The van der Waals surface area contributed by atoms with E-state index in [1.54, 1.807) is 0 Å². The molecule has 1 aliphatic heterocycles. The fourth-order valence-corrected chi connectivity index (χ4v) is 2.90. The average molecular weight is 201 g/mol. The molecule has 2 heteroatoms. The largest absolute Gasteiger partial charge is 0.305 e. The van der Waals surface area contributed by atoms with Crippen LogP contribution in [0.25, 0.3) is 0 Å². The van der Waals surface area contributed by atoms with E-state index in [1.807, 2.05) is 0 Å². The molecule has 0 aromatic rings. The number of unbranched alkanes of at least 4 members (excludes halogenated alkanes) is 4. The van der Waals surface area contributed by atoms with Gasteiger partial charge in [-0.05, 0) is 25.1 Å². The zero-order valence-electron chi connectivity index (χ0n) is 8.85. The summed E-state index contributed by atoms with van der Waals surface area (Å²) in [6, 6.07) is 0. The van der Waals surface area contributed by atoms with Crippen LogP contribution in [0.1, 0.15) is 51.9 Å². The predicted molar refractivity (Wildman–Crippen MR) is 62.2 cm³/mol. The maximum absolute atomic E-state index is 3.57. The molecule has 1 nitrogen and oxygen atoms in total. The van der Waals surface area contributed by atoms with Crippen molar-refractivity contribution in [2.24, 2.45) is 0 Å². The fraction of sp³-hybridized carbons (Fsp3) is 1.00. The van der Waals surface area contributed by atoms with Crippen molar-refractivity contribution in [3.05, 3.63) is 0 Å². The first-order valence-corrected chi connectivity index (χ1v) is 6.83. The van der Waals surface area contributed by atoms with Crippen molar-refractivity contribution in [1.82, 2.24) is 5.32 Å². The van der Waals surface area contributed by atoms with Gasteiger partial charge in [-0.2, -0.15) is 0 Å². The summed E-state index contributed by atoms with van der Waals surface area (Å²) in [5.41, 5.74) is 0. The third-order valence-corrected chi connectivity index (χ3v) is 3.91. The molecule has 0 saturated carbocycles. The molecule has 0 aromatic carbocycles. The Balaban J connectivity index is 1.86. The van der Waals surface area contributed by atoms with Gasteiger partial charge in [0.1, 0.15) is 0 Å². The van der Waals surface area contributed by atoms with Crippen LogP contribution in [-0.4, -0.2) is 17.7 Å². The molecule has 0 amide bonds. The zero-order chi connectivity index (χ0) is 9.36. The number of hydrogen-bond acceptors (Lipinski definition) is 2. The van der Waals surface area contributed by atoms with Crippen molar-refractivity contribution in [2.75, 3.05) is 12.3 Å². The molecule has 1 atom stereocenters. The molecule has 1 unspecified atom stereocenters. The number of nitrogens with one attached hydrogen (secondary N) is 1. The van der Waals surface area contributed by atoms with Crippen LogP contribution in [0.4, 0.5) is 0 Å². The lowest BCUT2D eigenvalue weighted by Crippen LogP contribution is -2.31. The fourth-order valence-electron chi connectivity index (χ4n) is 1.74. The van der Waals surface area contributed by atoms with E-state index in [-0.39, 0.29) is 0 Å². The van der Waals surface area contributed by atoms with Gasteiger partial charge >= 0.3 is 0 Å². The van der Waals surface area contributed by atoms with Crippen molar-refractivity contribution in [3.63, 3.8) is 0 Å². The van der Waals surface area contributed by atoms with Gasteiger partial charge in [-0.25, -0.2) is 0 Å². The summed E-state index contributed by atoms with van der Waals surface area (Å²) < 4.78 is 0. The lowest BCUT2D eigenvalue weighted by Gasteiger charge is -2.22. The first-order valence-electron chi connectivity index (χ1n) is 5.78. The average Bonchev–Trinajstić information content (AvgIpc) is 2.19. The summed E-state index contributed by atoms with van der Waals surface area (Å²) in [6.45, 7) is 3.52. The Labute approximate surface area is 87.1 Å². The summed E-state index contributed by atoms with van der Waals surface area (Å²) in [6.07, 6.45) is 9.82. The Bertz CT molecular complexity index is 111. The molecule has 1 saturated heterocycles. The SMILES string of the molecule is CCCCCCCC1NCCCS1. The van der Waals surface area contributed by atoms with E-state index in [0.717, 1.165) is 5.37 Å². The highest BCUT2D eigenvalue weighted by Gasteiger charge is 2.11. The first kappa shape index (κ1) is 11.4. The molecular weight excluding hydrogens is 178 g/mol. The Morgan fingerprint density at radius 1 is 1.23 bits per heavy atom. The molecule has 1 N–H and O–H groups in total. The monoisotopic (exact) mass is 201 g/mol. The van der Waals surface area contributed by atoms with Gasteiger partial charge in [0.05, 0.1) is 5.37 Å². The molecule has 0 radical (unpaired) electrons. The van der Waals surface area contributed by atoms with Crippen LogP contribution in [0.2, 0.25) is 0 Å². The van der Waals surface area contributed by atoms with Crippen LogP contribution >= 0.6 is 11.8 Å². The summed E-state index contributed by atoms with van der Waals surface area (Å²) in [5.74, 6) is 1.37. The summed E-state index contributed by atoms with van der Waals surface area (Å²) in [7, 11) is 0. The zero-order valence-corrected chi connectivity index (χ0v) is 9.67. The summed E-state index contributed by atoms with van der Waals surface area (Å²) >= 11 is 2.12. The molecule has 1 rings (SSSR count). The maximum Gasteiger partial charge on any atom is 0.0532 e. The van der Waals surface area contributed by atoms with Gasteiger partial charge < -0.3 is 5.32 Å². The van der Waals surface area contributed by atoms with Crippen LogP contribution in [0.15, 0.2) is 0 Å². The lowest BCUT2D eigenvalue weighted by molar-refractivity contribution is 0.538. The molecule has 0 spiro atoms. The normalized spacial score (nSPS) is 23.3. The highest BCUT2D eigenvalue weighted by Crippen LogP contribution is 2.19. The molecule has 13 heavy (non-hydrogen) atoms. The molecule has 1 fully saturated rings. The van der Waals surface area contributed by atoms with Gasteiger partial charge in [0.2, 0.25) is 0 Å². The Kier molecular flexibility index (Phi) is 6.73. The highest BCUT2D eigenvalue weighted by atomic mass is 32.2. The van der Waals surface area contributed by atoms with Gasteiger partial charge in [0.25, 0.3) is 0 Å². The molecule has 1 heterocycles. The van der Waals surface area contributed by atoms with Crippen molar-refractivity contribution in [3.8, 4) is 0 Å². The molecule has 0 bridgehead atoms. The highest BCUT2D eigenvalue weighted by molar-refractivity contribution is 7.99. The van der Waals surface area contributed by atoms with E-state index < -0.39 is 0 Å². The molecular formula is C11H23NS. The van der Waals surface area contributed by atoms with Crippen LogP contribution in [-0.2, 0) is 0 Å². The quantitative estimate of drug-likeness (QED) is 0.661. The van der Waals surface area contributed by atoms with Crippen LogP contribution < -0.4 is 5.32 Å². The Morgan fingerprint density at radius 3 is 2.77 bits per heavy atom. The minimum absolute atomic E-state index is 0.773. The van der Waals surface area contributed by atoms with E-state index in [0.29, 0.717) is 0 Å². The van der Waals surface area contributed by atoms with Crippen molar-refractivity contribution >= 4 is 11.8 Å².